The van der Waals surface area contributed by atoms with E-state index in [2.05, 4.69) is 9.97 Å². The lowest BCUT2D eigenvalue weighted by Crippen LogP contribution is -2.46. The predicted molar refractivity (Wildman–Crippen MR) is 73.6 cm³/mol. The van der Waals surface area contributed by atoms with Crippen molar-refractivity contribution in [2.24, 2.45) is 5.92 Å². The van der Waals surface area contributed by atoms with Crippen LogP contribution in [0.5, 0.6) is 0 Å². The molecule has 0 spiro atoms. The lowest BCUT2D eigenvalue weighted by atomic mass is 10.2. The normalized spacial score (nSPS) is 25.8. The van der Waals surface area contributed by atoms with E-state index in [4.69, 9.17) is 11.6 Å². The maximum absolute atomic E-state index is 12.5. The lowest BCUT2D eigenvalue weighted by molar-refractivity contribution is -0.141. The van der Waals surface area contributed by atoms with Crippen LogP contribution in [-0.4, -0.2) is 49.0 Å². The molecule has 1 amide bonds. The topological polar surface area (TPSA) is 83.4 Å². The van der Waals surface area contributed by atoms with Crippen molar-refractivity contribution in [1.29, 1.82) is 0 Å². The van der Waals surface area contributed by atoms with Crippen LogP contribution < -0.4 is 0 Å². The lowest BCUT2D eigenvalue weighted by Gasteiger charge is -2.26. The Labute approximate surface area is 124 Å². The van der Waals surface area contributed by atoms with Crippen LogP contribution >= 0.6 is 23.4 Å². The molecule has 2 atom stereocenters. The Hall–Kier alpha value is -1.34. The van der Waals surface area contributed by atoms with Crippen LogP contribution in [0.15, 0.2) is 12.4 Å². The summed E-state index contributed by atoms with van der Waals surface area (Å²) >= 11 is 7.27. The van der Waals surface area contributed by atoms with Gasteiger partial charge >= 0.3 is 5.97 Å². The summed E-state index contributed by atoms with van der Waals surface area (Å²) in [5, 5.41) is 9.33. The first-order valence-corrected chi connectivity index (χ1v) is 7.65. The second-order valence-electron chi connectivity index (χ2n) is 4.85. The Bertz CT molecular complexity index is 567. The van der Waals surface area contributed by atoms with Crippen LogP contribution in [0, 0.1) is 5.92 Å². The fraction of sp³-hybridized carbons (Fsp3) is 0.500. The molecule has 1 aliphatic heterocycles. The van der Waals surface area contributed by atoms with Gasteiger partial charge in [0.2, 0.25) is 0 Å². The minimum atomic E-state index is -0.982. The molecule has 1 saturated carbocycles. The third kappa shape index (κ3) is 2.47. The quantitative estimate of drug-likeness (QED) is 0.910. The van der Waals surface area contributed by atoms with Gasteiger partial charge in [-0.05, 0) is 18.8 Å². The van der Waals surface area contributed by atoms with Gasteiger partial charge in [0.05, 0.1) is 17.8 Å². The minimum absolute atomic E-state index is 0.0793. The number of hydrogen-bond acceptors (Lipinski definition) is 5. The van der Waals surface area contributed by atoms with Crippen LogP contribution in [0.1, 0.15) is 23.3 Å². The largest absolute Gasteiger partial charge is 0.480 e. The second kappa shape index (κ2) is 5.21. The SMILES string of the molecule is O=C(O)C1CSC(C2CC2)N1C(=O)c1cncc(Cl)n1. The van der Waals surface area contributed by atoms with Gasteiger partial charge in [-0.1, -0.05) is 11.6 Å². The molecule has 8 heteroatoms. The number of carboxylic acids is 1. The number of nitrogens with zero attached hydrogens (tertiary/aromatic N) is 3. The molecule has 1 N–H and O–H groups in total. The van der Waals surface area contributed by atoms with Crippen molar-refractivity contribution in [2.75, 3.05) is 5.75 Å². The van der Waals surface area contributed by atoms with Gasteiger partial charge in [0.15, 0.2) is 0 Å². The third-order valence-corrected chi connectivity index (χ3v) is 5.05. The number of carbonyl (C=O) groups excluding carboxylic acids is 1. The number of aromatic nitrogens is 2. The van der Waals surface area contributed by atoms with Gasteiger partial charge in [0.25, 0.3) is 5.91 Å². The molecule has 2 heterocycles. The molecule has 2 unspecified atom stereocenters. The fourth-order valence-corrected chi connectivity index (χ4v) is 4.07. The average molecular weight is 314 g/mol. The molecular weight excluding hydrogens is 302 g/mol. The molecule has 0 aromatic carbocycles. The number of rotatable bonds is 3. The van der Waals surface area contributed by atoms with Crippen LogP contribution in [0.2, 0.25) is 5.15 Å². The van der Waals surface area contributed by atoms with E-state index in [-0.39, 0.29) is 16.2 Å². The van der Waals surface area contributed by atoms with Crippen molar-refractivity contribution >= 4 is 35.2 Å². The molecule has 106 valence electrons. The predicted octanol–water partition coefficient (Wildman–Crippen LogP) is 1.51. The first kappa shape index (κ1) is 13.6. The van der Waals surface area contributed by atoms with Crippen LogP contribution in [0.4, 0.5) is 0 Å². The van der Waals surface area contributed by atoms with E-state index in [0.29, 0.717) is 11.7 Å². The van der Waals surface area contributed by atoms with E-state index in [9.17, 15) is 14.7 Å². The average Bonchev–Trinajstić information content (AvgIpc) is 3.16. The Morgan fingerprint density at radius 3 is 2.75 bits per heavy atom. The molecule has 1 aromatic heterocycles. The van der Waals surface area contributed by atoms with Crippen molar-refractivity contribution < 1.29 is 14.7 Å². The van der Waals surface area contributed by atoms with E-state index in [1.807, 2.05) is 0 Å². The van der Waals surface area contributed by atoms with Crippen LogP contribution in [-0.2, 0) is 4.79 Å². The molecule has 3 rings (SSSR count). The Kier molecular flexibility index (Phi) is 3.55. The van der Waals surface area contributed by atoms with Gasteiger partial charge in [-0.15, -0.1) is 11.8 Å². The molecular formula is C12H12ClN3O3S. The summed E-state index contributed by atoms with van der Waals surface area (Å²) in [5.74, 6) is -0.588. The molecule has 0 bridgehead atoms. The number of hydrogen-bond donors (Lipinski definition) is 1. The summed E-state index contributed by atoms with van der Waals surface area (Å²) in [7, 11) is 0. The molecule has 20 heavy (non-hydrogen) atoms. The van der Waals surface area contributed by atoms with E-state index in [1.54, 1.807) is 0 Å². The number of aliphatic carboxylic acids is 1. The Morgan fingerprint density at radius 1 is 1.40 bits per heavy atom. The van der Waals surface area contributed by atoms with Crippen molar-refractivity contribution in [3.05, 3.63) is 23.2 Å². The van der Waals surface area contributed by atoms with Gasteiger partial charge in [-0.25, -0.2) is 9.78 Å². The number of amides is 1. The monoisotopic (exact) mass is 313 g/mol. The zero-order valence-corrected chi connectivity index (χ0v) is 12.0. The van der Waals surface area contributed by atoms with E-state index < -0.39 is 17.9 Å². The molecule has 1 aromatic rings. The standard InChI is InChI=1S/C12H12ClN3O3S/c13-9-4-14-3-7(15-9)10(17)16-8(12(18)19)5-20-11(16)6-1-2-6/h3-4,6,8,11H,1-2,5H2,(H,18,19). The second-order valence-corrected chi connectivity index (χ2v) is 6.39. The summed E-state index contributed by atoms with van der Waals surface area (Å²) in [6.07, 6.45) is 4.73. The highest BCUT2D eigenvalue weighted by atomic mass is 35.5. The zero-order valence-electron chi connectivity index (χ0n) is 10.4. The summed E-state index contributed by atoms with van der Waals surface area (Å²) < 4.78 is 0. The molecule has 6 nitrogen and oxygen atoms in total. The summed E-state index contributed by atoms with van der Waals surface area (Å²) in [6, 6.07) is -0.807. The highest BCUT2D eigenvalue weighted by Crippen LogP contribution is 2.45. The van der Waals surface area contributed by atoms with Crippen LogP contribution in [0.25, 0.3) is 0 Å². The van der Waals surface area contributed by atoms with E-state index in [1.165, 1.54) is 29.1 Å². The van der Waals surface area contributed by atoms with Crippen molar-refractivity contribution in [3.8, 4) is 0 Å². The van der Waals surface area contributed by atoms with E-state index in [0.717, 1.165) is 12.8 Å². The number of halogens is 1. The summed E-state index contributed by atoms with van der Waals surface area (Å²) in [6.45, 7) is 0. The maximum atomic E-state index is 12.5. The first-order chi connectivity index (χ1) is 9.58. The third-order valence-electron chi connectivity index (χ3n) is 3.40. The van der Waals surface area contributed by atoms with Crippen molar-refractivity contribution in [3.63, 3.8) is 0 Å². The molecule has 1 saturated heterocycles. The fourth-order valence-electron chi connectivity index (χ4n) is 2.30. The minimum Gasteiger partial charge on any atom is -0.480 e. The number of carbonyl (C=O) groups is 2. The maximum Gasteiger partial charge on any atom is 0.327 e. The smallest absolute Gasteiger partial charge is 0.327 e. The van der Waals surface area contributed by atoms with Crippen molar-refractivity contribution in [1.82, 2.24) is 14.9 Å². The van der Waals surface area contributed by atoms with Gasteiger partial charge in [0.1, 0.15) is 16.9 Å². The highest BCUT2D eigenvalue weighted by Gasteiger charge is 2.48. The molecule has 2 fully saturated rings. The first-order valence-electron chi connectivity index (χ1n) is 6.22. The van der Waals surface area contributed by atoms with E-state index >= 15 is 0 Å². The number of carboxylic acid groups (broad SMARTS) is 1. The van der Waals surface area contributed by atoms with Gasteiger partial charge < -0.3 is 10.0 Å². The Morgan fingerprint density at radius 2 is 2.15 bits per heavy atom. The highest BCUT2D eigenvalue weighted by molar-refractivity contribution is 8.00. The molecule has 2 aliphatic rings. The number of thioether (sulfide) groups is 1. The summed E-state index contributed by atoms with van der Waals surface area (Å²) in [4.78, 5) is 33.1. The molecule has 0 radical (unpaired) electrons. The zero-order chi connectivity index (χ0) is 14.3. The van der Waals surface area contributed by atoms with Gasteiger partial charge in [-0.3, -0.25) is 9.78 Å². The Balaban J connectivity index is 1.90. The van der Waals surface area contributed by atoms with Crippen molar-refractivity contribution in [2.45, 2.75) is 24.3 Å². The van der Waals surface area contributed by atoms with Gasteiger partial charge in [-0.2, -0.15) is 0 Å². The van der Waals surface area contributed by atoms with Gasteiger partial charge in [0, 0.05) is 5.75 Å². The summed E-state index contributed by atoms with van der Waals surface area (Å²) in [5.41, 5.74) is 0.0944. The molecule has 1 aliphatic carbocycles. The van der Waals surface area contributed by atoms with Crippen LogP contribution in [0.3, 0.4) is 0 Å².